The molecule has 98 valence electrons. The van der Waals surface area contributed by atoms with Crippen molar-refractivity contribution in [3.8, 4) is 0 Å². The topological polar surface area (TPSA) is 63.6 Å². The second-order valence-corrected chi connectivity index (χ2v) is 7.45. The molecule has 5 heteroatoms. The largest absolute Gasteiger partial charge is 0.467 e. The molecule has 0 heterocycles. The van der Waals surface area contributed by atoms with E-state index in [9.17, 15) is 14.7 Å². The molecule has 0 amide bonds. The molecule has 0 aromatic rings. The van der Waals surface area contributed by atoms with Gasteiger partial charge in [-0.2, -0.15) is 0 Å². The standard InChI is InChI=1S/C12H20O4S/c1-10(2,3)17-9(14)12(6-7-12)11(4,15)8(13)16-5/h15H,6-7H2,1-5H3/t11-/m1/s1. The fourth-order valence-corrected chi connectivity index (χ4v) is 2.94. The highest BCUT2D eigenvalue weighted by Gasteiger charge is 2.66. The minimum absolute atomic E-state index is 0.125. The predicted molar refractivity (Wildman–Crippen MR) is 66.7 cm³/mol. The zero-order valence-electron chi connectivity index (χ0n) is 11.0. The van der Waals surface area contributed by atoms with E-state index in [0.29, 0.717) is 12.8 Å². The van der Waals surface area contributed by atoms with E-state index in [-0.39, 0.29) is 9.86 Å². The van der Waals surface area contributed by atoms with E-state index in [1.165, 1.54) is 25.8 Å². The van der Waals surface area contributed by atoms with Crippen molar-refractivity contribution in [1.29, 1.82) is 0 Å². The molecule has 0 unspecified atom stereocenters. The third kappa shape index (κ3) is 2.65. The number of carbonyl (C=O) groups is 2. The molecule has 1 N–H and O–H groups in total. The van der Waals surface area contributed by atoms with Crippen molar-refractivity contribution in [3.05, 3.63) is 0 Å². The van der Waals surface area contributed by atoms with Crippen LogP contribution in [-0.4, -0.2) is 33.6 Å². The molecule has 1 atom stereocenters. The molecular formula is C12H20O4S. The lowest BCUT2D eigenvalue weighted by molar-refractivity contribution is -0.169. The molecule has 0 spiro atoms. The molecule has 0 radical (unpaired) electrons. The Labute approximate surface area is 106 Å². The number of esters is 1. The summed E-state index contributed by atoms with van der Waals surface area (Å²) in [6.07, 6.45) is 1.08. The molecule has 0 bridgehead atoms. The summed E-state index contributed by atoms with van der Waals surface area (Å²) in [6, 6.07) is 0. The summed E-state index contributed by atoms with van der Waals surface area (Å²) in [5.74, 6) is -0.738. The van der Waals surface area contributed by atoms with Gasteiger partial charge in [-0.1, -0.05) is 32.5 Å². The number of carbonyl (C=O) groups excluding carboxylic acids is 2. The third-order valence-electron chi connectivity index (χ3n) is 3.05. The molecule has 1 rings (SSSR count). The van der Waals surface area contributed by atoms with Crippen LogP contribution in [0.1, 0.15) is 40.5 Å². The molecule has 0 saturated heterocycles. The van der Waals surface area contributed by atoms with Crippen molar-refractivity contribution in [3.63, 3.8) is 0 Å². The van der Waals surface area contributed by atoms with Gasteiger partial charge in [0.2, 0.25) is 0 Å². The van der Waals surface area contributed by atoms with Gasteiger partial charge in [-0.3, -0.25) is 4.79 Å². The fourth-order valence-electron chi connectivity index (χ4n) is 1.78. The van der Waals surface area contributed by atoms with Crippen LogP contribution in [0.3, 0.4) is 0 Å². The zero-order chi connectivity index (χ0) is 13.5. The molecule has 1 aliphatic rings. The van der Waals surface area contributed by atoms with Crippen molar-refractivity contribution in [2.45, 2.75) is 50.9 Å². The van der Waals surface area contributed by atoms with Gasteiger partial charge < -0.3 is 9.84 Å². The average Bonchev–Trinajstić information content (AvgIpc) is 2.94. The number of hydrogen-bond acceptors (Lipinski definition) is 5. The molecule has 1 aliphatic carbocycles. The lowest BCUT2D eigenvalue weighted by Crippen LogP contribution is -2.49. The number of aliphatic hydroxyl groups is 1. The van der Waals surface area contributed by atoms with E-state index in [1.54, 1.807) is 0 Å². The second-order valence-electron chi connectivity index (χ2n) is 5.65. The molecule has 17 heavy (non-hydrogen) atoms. The van der Waals surface area contributed by atoms with Crippen LogP contribution in [-0.2, 0) is 14.3 Å². The Morgan fingerprint density at radius 1 is 1.24 bits per heavy atom. The SMILES string of the molecule is COC(=O)[C@@](C)(O)C1(C(=O)SC(C)(C)C)CC1. The van der Waals surface area contributed by atoms with Crippen molar-refractivity contribution < 1.29 is 19.4 Å². The zero-order valence-corrected chi connectivity index (χ0v) is 11.8. The molecule has 0 aromatic carbocycles. The van der Waals surface area contributed by atoms with Crippen molar-refractivity contribution in [2.75, 3.05) is 7.11 Å². The van der Waals surface area contributed by atoms with Crippen LogP contribution >= 0.6 is 11.8 Å². The molecule has 0 aromatic heterocycles. The number of hydrogen-bond donors (Lipinski definition) is 1. The van der Waals surface area contributed by atoms with Crippen LogP contribution in [0.4, 0.5) is 0 Å². The highest BCUT2D eigenvalue weighted by atomic mass is 32.2. The summed E-state index contributed by atoms with van der Waals surface area (Å²) in [6.45, 7) is 7.16. The predicted octanol–water partition coefficient (Wildman–Crippen LogP) is 1.75. The van der Waals surface area contributed by atoms with Crippen LogP contribution in [0.5, 0.6) is 0 Å². The van der Waals surface area contributed by atoms with E-state index in [0.717, 1.165) is 0 Å². The van der Waals surface area contributed by atoms with Gasteiger partial charge in [0, 0.05) is 4.75 Å². The Hall–Kier alpha value is -0.550. The number of thioether (sulfide) groups is 1. The van der Waals surface area contributed by atoms with Crippen molar-refractivity contribution >= 4 is 22.8 Å². The first kappa shape index (κ1) is 14.5. The summed E-state index contributed by atoms with van der Waals surface area (Å²) in [7, 11) is 1.22. The molecule has 0 aliphatic heterocycles. The van der Waals surface area contributed by atoms with Gasteiger partial charge in [0.05, 0.1) is 12.5 Å². The first-order valence-electron chi connectivity index (χ1n) is 5.61. The first-order valence-corrected chi connectivity index (χ1v) is 6.43. The molecular weight excluding hydrogens is 240 g/mol. The van der Waals surface area contributed by atoms with E-state index in [1.807, 2.05) is 20.8 Å². The van der Waals surface area contributed by atoms with Gasteiger partial charge in [0.1, 0.15) is 0 Å². The van der Waals surface area contributed by atoms with Gasteiger partial charge in [0.25, 0.3) is 0 Å². The van der Waals surface area contributed by atoms with Crippen LogP contribution in [0, 0.1) is 5.41 Å². The third-order valence-corrected chi connectivity index (χ3v) is 4.24. The van der Waals surface area contributed by atoms with Gasteiger partial charge >= 0.3 is 5.97 Å². The maximum absolute atomic E-state index is 12.2. The van der Waals surface area contributed by atoms with E-state index in [2.05, 4.69) is 4.74 Å². The highest BCUT2D eigenvalue weighted by molar-refractivity contribution is 8.14. The normalized spacial score (nSPS) is 21.5. The van der Waals surface area contributed by atoms with E-state index in [4.69, 9.17) is 0 Å². The summed E-state index contributed by atoms with van der Waals surface area (Å²) in [5.41, 5.74) is -2.69. The van der Waals surface area contributed by atoms with Crippen LogP contribution in [0.15, 0.2) is 0 Å². The fraction of sp³-hybridized carbons (Fsp3) is 0.833. The monoisotopic (exact) mass is 260 g/mol. The minimum atomic E-state index is -1.73. The maximum Gasteiger partial charge on any atom is 0.338 e. The maximum atomic E-state index is 12.2. The van der Waals surface area contributed by atoms with Crippen molar-refractivity contribution in [2.24, 2.45) is 5.41 Å². The summed E-state index contributed by atoms with van der Waals surface area (Å²) >= 11 is 1.17. The van der Waals surface area contributed by atoms with Crippen molar-refractivity contribution in [1.82, 2.24) is 0 Å². The van der Waals surface area contributed by atoms with Gasteiger partial charge in [-0.05, 0) is 19.8 Å². The Morgan fingerprint density at radius 2 is 1.71 bits per heavy atom. The Bertz CT molecular complexity index is 337. The molecule has 4 nitrogen and oxygen atoms in total. The van der Waals surface area contributed by atoms with Gasteiger partial charge in [0.15, 0.2) is 10.7 Å². The highest BCUT2D eigenvalue weighted by Crippen LogP contribution is 2.58. The molecule has 1 saturated carbocycles. The van der Waals surface area contributed by atoms with E-state index < -0.39 is 17.0 Å². The smallest absolute Gasteiger partial charge is 0.338 e. The van der Waals surface area contributed by atoms with Gasteiger partial charge in [-0.25, -0.2) is 4.79 Å². The Balaban J connectivity index is 2.89. The van der Waals surface area contributed by atoms with E-state index >= 15 is 0 Å². The summed E-state index contributed by atoms with van der Waals surface area (Å²) < 4.78 is 4.35. The Kier molecular flexibility index (Phi) is 3.65. The number of rotatable bonds is 3. The first-order chi connectivity index (χ1) is 7.57. The second kappa shape index (κ2) is 4.28. The quantitative estimate of drug-likeness (QED) is 0.783. The molecule has 1 fully saturated rings. The lowest BCUT2D eigenvalue weighted by Gasteiger charge is -2.30. The lowest BCUT2D eigenvalue weighted by atomic mass is 9.87. The van der Waals surface area contributed by atoms with Crippen LogP contribution < -0.4 is 0 Å². The summed E-state index contributed by atoms with van der Waals surface area (Å²) in [4.78, 5) is 23.8. The number of ether oxygens (including phenoxy) is 1. The van der Waals surface area contributed by atoms with Gasteiger partial charge in [-0.15, -0.1) is 0 Å². The Morgan fingerprint density at radius 3 is 2.00 bits per heavy atom. The average molecular weight is 260 g/mol. The number of methoxy groups -OCH3 is 1. The van der Waals surface area contributed by atoms with Crippen LogP contribution in [0.2, 0.25) is 0 Å². The minimum Gasteiger partial charge on any atom is -0.467 e. The van der Waals surface area contributed by atoms with Crippen LogP contribution in [0.25, 0.3) is 0 Å². The summed E-state index contributed by atoms with van der Waals surface area (Å²) in [5, 5.41) is 10.1.